The first-order valence-electron chi connectivity index (χ1n) is 6.38. The van der Waals surface area contributed by atoms with Crippen LogP contribution in [0.5, 0.6) is 0 Å². The van der Waals surface area contributed by atoms with Crippen molar-refractivity contribution in [1.29, 1.82) is 0 Å². The molecule has 0 amide bonds. The highest BCUT2D eigenvalue weighted by Gasteiger charge is 2.40. The van der Waals surface area contributed by atoms with Crippen molar-refractivity contribution in [3.8, 4) is 0 Å². The van der Waals surface area contributed by atoms with Gasteiger partial charge in [0.2, 0.25) is 0 Å². The van der Waals surface area contributed by atoms with E-state index in [1.807, 2.05) is 0 Å². The second-order valence-electron chi connectivity index (χ2n) is 5.30. The summed E-state index contributed by atoms with van der Waals surface area (Å²) in [6.07, 6.45) is 5.89. The average molecular weight is 335 g/mol. The summed E-state index contributed by atoms with van der Waals surface area (Å²) in [4.78, 5) is 1.33. The highest BCUT2D eigenvalue weighted by atomic mass is 79.9. The molecule has 1 aromatic rings. The van der Waals surface area contributed by atoms with Crippen LogP contribution in [0.25, 0.3) is 0 Å². The van der Waals surface area contributed by atoms with E-state index < -0.39 is 0 Å². The maximum Gasteiger partial charge on any atom is 0.107 e. The zero-order chi connectivity index (χ0) is 11.8. The Morgan fingerprint density at radius 3 is 2.47 bits per heavy atom. The first-order chi connectivity index (χ1) is 8.24. The number of rotatable bonds is 6. The molecular formula is C13H17BrClNS. The van der Waals surface area contributed by atoms with Crippen LogP contribution in [0.1, 0.15) is 30.6 Å². The van der Waals surface area contributed by atoms with Crippen molar-refractivity contribution >= 4 is 38.9 Å². The molecule has 3 rings (SSSR count). The van der Waals surface area contributed by atoms with Gasteiger partial charge in [0, 0.05) is 15.9 Å². The molecule has 0 atom stereocenters. The van der Waals surface area contributed by atoms with Crippen molar-refractivity contribution in [2.45, 2.75) is 32.2 Å². The highest BCUT2D eigenvalue weighted by Crippen LogP contribution is 2.48. The van der Waals surface area contributed by atoms with Crippen LogP contribution in [0.2, 0.25) is 4.34 Å². The van der Waals surface area contributed by atoms with Crippen molar-refractivity contribution in [3.63, 3.8) is 0 Å². The van der Waals surface area contributed by atoms with Crippen LogP contribution in [0.3, 0.4) is 0 Å². The molecule has 1 aromatic heterocycles. The molecule has 1 N–H and O–H groups in total. The van der Waals surface area contributed by atoms with Gasteiger partial charge in [-0.15, -0.1) is 11.3 Å². The molecule has 17 heavy (non-hydrogen) atoms. The number of hydrogen-bond donors (Lipinski definition) is 1. The molecule has 0 saturated heterocycles. The van der Waals surface area contributed by atoms with Gasteiger partial charge in [0.05, 0.1) is 0 Å². The summed E-state index contributed by atoms with van der Waals surface area (Å²) >= 11 is 11.2. The van der Waals surface area contributed by atoms with Gasteiger partial charge in [0.15, 0.2) is 0 Å². The van der Waals surface area contributed by atoms with Gasteiger partial charge in [-0.05, 0) is 72.0 Å². The lowest BCUT2D eigenvalue weighted by Gasteiger charge is -2.15. The maximum atomic E-state index is 6.04. The molecule has 1 nitrogen and oxygen atoms in total. The zero-order valence-corrected chi connectivity index (χ0v) is 12.9. The lowest BCUT2D eigenvalue weighted by atomic mass is 9.98. The van der Waals surface area contributed by atoms with Gasteiger partial charge in [-0.3, -0.25) is 0 Å². The molecule has 2 aliphatic carbocycles. The first kappa shape index (κ1) is 12.5. The Balaban J connectivity index is 1.47. The molecule has 0 aromatic carbocycles. The number of thiophene rings is 1. The molecule has 0 unspecified atom stereocenters. The Bertz CT molecular complexity index is 367. The first-order valence-corrected chi connectivity index (χ1v) is 8.37. The zero-order valence-electron chi connectivity index (χ0n) is 9.72. The van der Waals surface area contributed by atoms with E-state index in [0.717, 1.165) is 33.1 Å². The lowest BCUT2D eigenvalue weighted by Crippen LogP contribution is -2.24. The summed E-state index contributed by atoms with van der Waals surface area (Å²) in [6, 6.07) is 2.13. The molecule has 2 fully saturated rings. The van der Waals surface area contributed by atoms with Crippen LogP contribution in [-0.4, -0.2) is 6.54 Å². The molecule has 94 valence electrons. The Kier molecular flexibility index (Phi) is 3.81. The van der Waals surface area contributed by atoms with E-state index in [-0.39, 0.29) is 0 Å². The number of halogens is 2. The largest absolute Gasteiger partial charge is 0.312 e. The fraction of sp³-hybridized carbons (Fsp3) is 0.692. The summed E-state index contributed by atoms with van der Waals surface area (Å²) in [6.45, 7) is 2.16. The van der Waals surface area contributed by atoms with E-state index in [4.69, 9.17) is 11.6 Å². The summed E-state index contributed by atoms with van der Waals surface area (Å²) in [7, 11) is 0. The van der Waals surface area contributed by atoms with Crippen LogP contribution >= 0.6 is 38.9 Å². The van der Waals surface area contributed by atoms with Crippen LogP contribution in [0.4, 0.5) is 0 Å². The van der Waals surface area contributed by atoms with E-state index in [1.165, 1.54) is 37.1 Å². The van der Waals surface area contributed by atoms with Gasteiger partial charge in [-0.2, -0.15) is 0 Å². The molecule has 0 spiro atoms. The van der Waals surface area contributed by atoms with Crippen molar-refractivity contribution in [2.24, 2.45) is 17.8 Å². The van der Waals surface area contributed by atoms with Gasteiger partial charge < -0.3 is 5.32 Å². The monoisotopic (exact) mass is 333 g/mol. The van der Waals surface area contributed by atoms with Gasteiger partial charge in [0.25, 0.3) is 0 Å². The van der Waals surface area contributed by atoms with Crippen LogP contribution < -0.4 is 5.32 Å². The van der Waals surface area contributed by atoms with E-state index in [0.29, 0.717) is 0 Å². The predicted molar refractivity (Wildman–Crippen MR) is 77.7 cm³/mol. The second-order valence-corrected chi connectivity index (χ2v) is 7.90. The fourth-order valence-electron chi connectivity index (χ4n) is 2.61. The Morgan fingerprint density at radius 1 is 1.35 bits per heavy atom. The average Bonchev–Trinajstić information content (AvgIpc) is 3.16. The van der Waals surface area contributed by atoms with E-state index >= 15 is 0 Å². The van der Waals surface area contributed by atoms with Crippen molar-refractivity contribution in [2.75, 3.05) is 6.54 Å². The second kappa shape index (κ2) is 5.20. The van der Waals surface area contributed by atoms with Crippen LogP contribution in [0.15, 0.2) is 10.5 Å². The molecule has 4 heteroatoms. The standard InChI is InChI=1S/C13H17BrClNS/c14-12-5-10(17-13(12)15)6-16-7-11(8-1-2-8)9-3-4-9/h5,8-9,11,16H,1-4,6-7H2. The van der Waals surface area contributed by atoms with Crippen molar-refractivity contribution in [1.82, 2.24) is 5.32 Å². The van der Waals surface area contributed by atoms with Gasteiger partial charge in [0.1, 0.15) is 4.34 Å². The van der Waals surface area contributed by atoms with Crippen LogP contribution in [0, 0.1) is 17.8 Å². The third-order valence-corrected chi connectivity index (χ3v) is 6.31. The van der Waals surface area contributed by atoms with Crippen molar-refractivity contribution < 1.29 is 0 Å². The molecule has 0 bridgehead atoms. The highest BCUT2D eigenvalue weighted by molar-refractivity contribution is 9.10. The summed E-state index contributed by atoms with van der Waals surface area (Å²) in [5.41, 5.74) is 0. The Morgan fingerprint density at radius 2 is 2.00 bits per heavy atom. The number of hydrogen-bond acceptors (Lipinski definition) is 2. The smallest absolute Gasteiger partial charge is 0.107 e. The number of nitrogens with one attached hydrogen (secondary N) is 1. The van der Waals surface area contributed by atoms with E-state index in [9.17, 15) is 0 Å². The SMILES string of the molecule is Clc1sc(CNCC(C2CC2)C2CC2)cc1Br. The molecule has 0 radical (unpaired) electrons. The minimum Gasteiger partial charge on any atom is -0.312 e. The quantitative estimate of drug-likeness (QED) is 0.796. The van der Waals surface area contributed by atoms with Crippen LogP contribution in [-0.2, 0) is 6.54 Å². The van der Waals surface area contributed by atoms with Gasteiger partial charge >= 0.3 is 0 Å². The third-order valence-electron chi connectivity index (χ3n) is 3.83. The van der Waals surface area contributed by atoms with E-state index in [2.05, 4.69) is 27.3 Å². The molecule has 2 saturated carbocycles. The summed E-state index contributed by atoms with van der Waals surface area (Å²) in [5, 5.41) is 3.62. The normalized spacial score (nSPS) is 20.2. The molecule has 2 aliphatic rings. The fourth-order valence-corrected chi connectivity index (χ4v) is 4.37. The Labute approximate surface area is 120 Å². The lowest BCUT2D eigenvalue weighted by molar-refractivity contribution is 0.379. The summed E-state index contributed by atoms with van der Waals surface area (Å²) < 4.78 is 1.89. The Hall–Kier alpha value is 0.430. The maximum absolute atomic E-state index is 6.04. The molecule has 1 heterocycles. The molecule has 0 aliphatic heterocycles. The molecular weight excluding hydrogens is 318 g/mol. The minimum atomic E-state index is 0.864. The summed E-state index contributed by atoms with van der Waals surface area (Å²) in [5.74, 6) is 3.02. The van der Waals surface area contributed by atoms with Gasteiger partial charge in [-0.25, -0.2) is 0 Å². The van der Waals surface area contributed by atoms with Gasteiger partial charge in [-0.1, -0.05) is 11.6 Å². The topological polar surface area (TPSA) is 12.0 Å². The van der Waals surface area contributed by atoms with E-state index in [1.54, 1.807) is 11.3 Å². The van der Waals surface area contributed by atoms with Crippen molar-refractivity contribution in [3.05, 3.63) is 19.8 Å². The predicted octanol–water partition coefficient (Wildman–Crippen LogP) is 4.69. The minimum absolute atomic E-state index is 0.864. The third kappa shape index (κ3) is 3.25.